The molecule has 0 fully saturated rings. The van der Waals surface area contributed by atoms with Gasteiger partial charge < -0.3 is 5.73 Å². The molecule has 0 unspecified atom stereocenters. The van der Waals surface area contributed by atoms with Crippen LogP contribution in [0, 0.1) is 6.92 Å². The third-order valence-electron chi connectivity index (χ3n) is 3.08. The highest BCUT2D eigenvalue weighted by Crippen LogP contribution is 2.26. The van der Waals surface area contributed by atoms with Crippen molar-refractivity contribution in [1.29, 1.82) is 0 Å². The number of sulfonamides is 1. The molecule has 0 spiro atoms. The number of nitrogen functional groups attached to an aromatic ring is 1. The topological polar surface area (TPSA) is 72.2 Å². The summed E-state index contributed by atoms with van der Waals surface area (Å²) in [4.78, 5) is 0.0580. The van der Waals surface area contributed by atoms with Crippen LogP contribution in [0.25, 0.3) is 0 Å². The molecule has 4 nitrogen and oxygen atoms in total. The van der Waals surface area contributed by atoms with Gasteiger partial charge in [0.05, 0.1) is 4.90 Å². The van der Waals surface area contributed by atoms with Crippen LogP contribution in [0.15, 0.2) is 45.8 Å². The zero-order valence-electron chi connectivity index (χ0n) is 11.2. The van der Waals surface area contributed by atoms with Crippen molar-refractivity contribution >= 4 is 43.2 Å². The van der Waals surface area contributed by atoms with Crippen LogP contribution in [0.2, 0.25) is 5.02 Å². The second kappa shape index (κ2) is 6.36. The number of nitrogens with two attached hydrogens (primary N) is 1. The molecule has 2 aromatic carbocycles. The first-order valence-electron chi connectivity index (χ1n) is 6.10. The monoisotopic (exact) mass is 388 g/mol. The van der Waals surface area contributed by atoms with Crippen LogP contribution in [0.1, 0.15) is 11.1 Å². The predicted molar refractivity (Wildman–Crippen MR) is 88.8 cm³/mol. The van der Waals surface area contributed by atoms with Gasteiger partial charge in [-0.15, -0.1) is 0 Å². The van der Waals surface area contributed by atoms with Crippen LogP contribution >= 0.6 is 27.5 Å². The molecule has 0 amide bonds. The maximum absolute atomic E-state index is 12.3. The average molecular weight is 390 g/mol. The molecule has 21 heavy (non-hydrogen) atoms. The molecule has 7 heteroatoms. The fraction of sp³-hybridized carbons (Fsp3) is 0.143. The van der Waals surface area contributed by atoms with Gasteiger partial charge in [-0.2, -0.15) is 0 Å². The summed E-state index contributed by atoms with van der Waals surface area (Å²) in [5.41, 5.74) is 7.62. The van der Waals surface area contributed by atoms with Crippen LogP contribution in [-0.4, -0.2) is 8.42 Å². The third kappa shape index (κ3) is 3.77. The van der Waals surface area contributed by atoms with Gasteiger partial charge in [0, 0.05) is 21.7 Å². The fourth-order valence-electron chi connectivity index (χ4n) is 1.73. The highest BCUT2D eigenvalue weighted by molar-refractivity contribution is 9.10. The van der Waals surface area contributed by atoms with Crippen LogP contribution < -0.4 is 10.5 Å². The van der Waals surface area contributed by atoms with E-state index in [1.165, 1.54) is 12.1 Å². The highest BCUT2D eigenvalue weighted by Gasteiger charge is 2.17. The number of nitrogens with one attached hydrogen (secondary N) is 1. The van der Waals surface area contributed by atoms with Gasteiger partial charge in [-0.25, -0.2) is 13.1 Å². The number of benzene rings is 2. The molecule has 0 saturated heterocycles. The van der Waals surface area contributed by atoms with Gasteiger partial charge in [0.1, 0.15) is 0 Å². The van der Waals surface area contributed by atoms with E-state index in [0.717, 1.165) is 10.0 Å². The lowest BCUT2D eigenvalue weighted by molar-refractivity contribution is 0.581. The Labute approximate surface area is 137 Å². The van der Waals surface area contributed by atoms with E-state index in [9.17, 15) is 8.42 Å². The van der Waals surface area contributed by atoms with Crippen molar-refractivity contribution in [2.75, 3.05) is 5.73 Å². The summed E-state index contributed by atoms with van der Waals surface area (Å²) in [5.74, 6) is 0. The van der Waals surface area contributed by atoms with Gasteiger partial charge >= 0.3 is 0 Å². The molecule has 2 aromatic rings. The van der Waals surface area contributed by atoms with Crippen molar-refractivity contribution in [3.05, 3.63) is 57.0 Å². The zero-order chi connectivity index (χ0) is 15.6. The van der Waals surface area contributed by atoms with E-state index < -0.39 is 10.0 Å². The standard InChI is InChI=1S/C14H14BrClN2O2S/c1-9-13(16)6-11(7-14(9)17)21(19,20)18-8-10-4-2-3-5-12(10)15/h2-7,18H,8,17H2,1H3. The molecule has 0 heterocycles. The van der Waals surface area contributed by atoms with Crippen LogP contribution in [0.4, 0.5) is 5.69 Å². The van der Waals surface area contributed by atoms with Crippen molar-refractivity contribution in [1.82, 2.24) is 4.72 Å². The number of hydrogen-bond donors (Lipinski definition) is 2. The number of anilines is 1. The lowest BCUT2D eigenvalue weighted by atomic mass is 10.2. The van der Waals surface area contributed by atoms with Gasteiger partial charge in [0.25, 0.3) is 0 Å². The second-order valence-corrected chi connectivity index (χ2v) is 7.56. The first-order valence-corrected chi connectivity index (χ1v) is 8.75. The minimum atomic E-state index is -3.67. The van der Waals surface area contributed by atoms with E-state index in [1.54, 1.807) is 6.92 Å². The molecule has 0 aliphatic rings. The number of rotatable bonds is 4. The van der Waals surface area contributed by atoms with E-state index in [4.69, 9.17) is 17.3 Å². The molecule has 112 valence electrons. The summed E-state index contributed by atoms with van der Waals surface area (Å²) in [7, 11) is -3.67. The van der Waals surface area contributed by atoms with Crippen molar-refractivity contribution in [3.63, 3.8) is 0 Å². The van der Waals surface area contributed by atoms with E-state index in [-0.39, 0.29) is 11.4 Å². The molecular weight excluding hydrogens is 376 g/mol. The Morgan fingerprint density at radius 3 is 2.57 bits per heavy atom. The minimum absolute atomic E-state index is 0.0580. The molecule has 3 N–H and O–H groups in total. The molecule has 0 atom stereocenters. The van der Waals surface area contributed by atoms with E-state index in [2.05, 4.69) is 20.7 Å². The van der Waals surface area contributed by atoms with Gasteiger partial charge in [-0.05, 0) is 36.2 Å². The third-order valence-corrected chi connectivity index (χ3v) is 5.63. The minimum Gasteiger partial charge on any atom is -0.398 e. The summed E-state index contributed by atoms with van der Waals surface area (Å²) in [6, 6.07) is 10.2. The molecule has 0 aliphatic heterocycles. The molecule has 0 aromatic heterocycles. The zero-order valence-corrected chi connectivity index (χ0v) is 14.4. The number of halogens is 2. The summed E-state index contributed by atoms with van der Waals surface area (Å²) in [5, 5.41) is 0.330. The average Bonchev–Trinajstić information content (AvgIpc) is 2.43. The van der Waals surface area contributed by atoms with Crippen molar-refractivity contribution in [2.24, 2.45) is 0 Å². The van der Waals surface area contributed by atoms with Crippen LogP contribution in [0.5, 0.6) is 0 Å². The molecule has 0 aliphatic carbocycles. The Bertz CT molecular complexity index is 755. The predicted octanol–water partition coefficient (Wildman–Crippen LogP) is 3.47. The Kier molecular flexibility index (Phi) is 4.93. The summed E-state index contributed by atoms with van der Waals surface area (Å²) < 4.78 is 28.0. The summed E-state index contributed by atoms with van der Waals surface area (Å²) in [6.07, 6.45) is 0. The Hall–Kier alpha value is -1.08. The molecular formula is C14H14BrClN2O2S. The maximum atomic E-state index is 12.3. The Morgan fingerprint density at radius 2 is 1.95 bits per heavy atom. The van der Waals surface area contributed by atoms with E-state index in [0.29, 0.717) is 16.3 Å². The van der Waals surface area contributed by atoms with Crippen LogP contribution in [-0.2, 0) is 16.6 Å². The largest absolute Gasteiger partial charge is 0.398 e. The fourth-order valence-corrected chi connectivity index (χ4v) is 3.51. The first kappa shape index (κ1) is 16.3. The Morgan fingerprint density at radius 1 is 1.29 bits per heavy atom. The van der Waals surface area contributed by atoms with Crippen LogP contribution in [0.3, 0.4) is 0 Å². The van der Waals surface area contributed by atoms with E-state index >= 15 is 0 Å². The molecule has 0 bridgehead atoms. The number of hydrogen-bond acceptors (Lipinski definition) is 3. The van der Waals surface area contributed by atoms with Crippen molar-refractivity contribution in [2.45, 2.75) is 18.4 Å². The van der Waals surface area contributed by atoms with Gasteiger partial charge in [0.15, 0.2) is 0 Å². The van der Waals surface area contributed by atoms with E-state index in [1.807, 2.05) is 24.3 Å². The quantitative estimate of drug-likeness (QED) is 0.786. The molecule has 2 rings (SSSR count). The lowest BCUT2D eigenvalue weighted by Crippen LogP contribution is -2.23. The highest BCUT2D eigenvalue weighted by atomic mass is 79.9. The van der Waals surface area contributed by atoms with Gasteiger partial charge in [-0.1, -0.05) is 45.7 Å². The van der Waals surface area contributed by atoms with Gasteiger partial charge in [-0.3, -0.25) is 0 Å². The molecule has 0 radical (unpaired) electrons. The SMILES string of the molecule is Cc1c(N)cc(S(=O)(=O)NCc2ccccc2Br)cc1Cl. The summed E-state index contributed by atoms with van der Waals surface area (Å²) in [6.45, 7) is 1.91. The normalized spacial score (nSPS) is 11.6. The lowest BCUT2D eigenvalue weighted by Gasteiger charge is -2.11. The first-order chi connectivity index (χ1) is 9.81. The maximum Gasteiger partial charge on any atom is 0.240 e. The smallest absolute Gasteiger partial charge is 0.240 e. The van der Waals surface area contributed by atoms with Crippen molar-refractivity contribution < 1.29 is 8.42 Å². The Balaban J connectivity index is 2.25. The summed E-state index contributed by atoms with van der Waals surface area (Å²) >= 11 is 9.36. The molecule has 0 saturated carbocycles. The second-order valence-electron chi connectivity index (χ2n) is 4.54. The van der Waals surface area contributed by atoms with Gasteiger partial charge in [0.2, 0.25) is 10.0 Å². The van der Waals surface area contributed by atoms with Crippen molar-refractivity contribution in [3.8, 4) is 0 Å².